The van der Waals surface area contributed by atoms with Gasteiger partial charge < -0.3 is 10.6 Å². The lowest BCUT2D eigenvalue weighted by molar-refractivity contribution is -0.117. The Bertz CT molecular complexity index is 428. The number of aromatic nitrogens is 1. The summed E-state index contributed by atoms with van der Waals surface area (Å²) in [4.78, 5) is 15.9. The van der Waals surface area contributed by atoms with Crippen molar-refractivity contribution in [2.45, 2.75) is 45.1 Å². The third-order valence-electron chi connectivity index (χ3n) is 3.34. The number of hydrogen-bond acceptors (Lipinski definition) is 4. The molecule has 1 unspecified atom stereocenters. The zero-order valence-corrected chi connectivity index (χ0v) is 12.1. The van der Waals surface area contributed by atoms with Crippen molar-refractivity contribution < 1.29 is 4.79 Å². The molecule has 0 aliphatic heterocycles. The van der Waals surface area contributed by atoms with Crippen LogP contribution in [0.3, 0.4) is 0 Å². The number of carbonyl (C=O) groups excluding carboxylic acids is 1. The molecule has 1 aromatic rings. The summed E-state index contributed by atoms with van der Waals surface area (Å²) in [6.45, 7) is 2.75. The predicted octanol–water partition coefficient (Wildman–Crippen LogP) is 2.95. The standard InChI is InChI=1S/C14H21N3OS/c1-11(13(18)17-14-16-9-10-19-14)15-8-7-12-5-3-2-4-6-12/h5,9-11,15H,2-4,6-8H2,1H3,(H,16,17,18). The molecule has 0 saturated carbocycles. The molecule has 1 heterocycles. The van der Waals surface area contributed by atoms with Gasteiger partial charge >= 0.3 is 0 Å². The van der Waals surface area contributed by atoms with E-state index in [9.17, 15) is 4.79 Å². The summed E-state index contributed by atoms with van der Waals surface area (Å²) in [5.74, 6) is -0.0208. The Labute approximate surface area is 118 Å². The average Bonchev–Trinajstić information content (AvgIpc) is 2.92. The normalized spacial score (nSPS) is 16.8. The van der Waals surface area contributed by atoms with Crippen LogP contribution in [-0.2, 0) is 4.79 Å². The van der Waals surface area contributed by atoms with E-state index < -0.39 is 0 Å². The van der Waals surface area contributed by atoms with Crippen LogP contribution < -0.4 is 10.6 Å². The van der Waals surface area contributed by atoms with Gasteiger partial charge in [-0.05, 0) is 45.6 Å². The Morgan fingerprint density at radius 3 is 3.11 bits per heavy atom. The van der Waals surface area contributed by atoms with Crippen LogP contribution in [0.1, 0.15) is 39.0 Å². The van der Waals surface area contributed by atoms with E-state index in [1.54, 1.807) is 6.20 Å². The van der Waals surface area contributed by atoms with E-state index in [1.165, 1.54) is 42.6 Å². The molecule has 2 N–H and O–H groups in total. The van der Waals surface area contributed by atoms with E-state index in [0.29, 0.717) is 5.13 Å². The van der Waals surface area contributed by atoms with Gasteiger partial charge in [-0.15, -0.1) is 11.3 Å². The maximum absolute atomic E-state index is 11.9. The van der Waals surface area contributed by atoms with Crippen molar-refractivity contribution in [1.82, 2.24) is 10.3 Å². The van der Waals surface area contributed by atoms with Crippen LogP contribution >= 0.6 is 11.3 Å². The van der Waals surface area contributed by atoms with Crippen LogP contribution in [-0.4, -0.2) is 23.5 Å². The molecule has 0 saturated heterocycles. The molecule has 19 heavy (non-hydrogen) atoms. The first-order valence-electron chi connectivity index (χ1n) is 6.87. The van der Waals surface area contributed by atoms with Gasteiger partial charge in [0, 0.05) is 11.6 Å². The number of rotatable bonds is 6. The average molecular weight is 279 g/mol. The summed E-state index contributed by atoms with van der Waals surface area (Å²) in [6.07, 6.45) is 10.2. The molecule has 0 bridgehead atoms. The number of amides is 1. The summed E-state index contributed by atoms with van der Waals surface area (Å²) in [6, 6.07) is -0.187. The highest BCUT2D eigenvalue weighted by molar-refractivity contribution is 7.13. The third kappa shape index (κ3) is 4.76. The monoisotopic (exact) mass is 279 g/mol. The van der Waals surface area contributed by atoms with Gasteiger partial charge in [-0.25, -0.2) is 4.98 Å². The highest BCUT2D eigenvalue weighted by Gasteiger charge is 2.13. The first kappa shape index (κ1) is 14.2. The highest BCUT2D eigenvalue weighted by Crippen LogP contribution is 2.19. The Balaban J connectivity index is 1.67. The van der Waals surface area contributed by atoms with Crippen molar-refractivity contribution >= 4 is 22.4 Å². The molecule has 0 radical (unpaired) electrons. The minimum atomic E-state index is -0.187. The topological polar surface area (TPSA) is 54.0 Å². The Morgan fingerprint density at radius 1 is 1.53 bits per heavy atom. The number of allylic oxidation sites excluding steroid dienone is 1. The van der Waals surface area contributed by atoms with Gasteiger partial charge in [-0.3, -0.25) is 4.79 Å². The van der Waals surface area contributed by atoms with Crippen LogP contribution in [0.25, 0.3) is 0 Å². The molecular weight excluding hydrogens is 258 g/mol. The van der Waals surface area contributed by atoms with E-state index in [2.05, 4.69) is 21.7 Å². The van der Waals surface area contributed by atoms with Gasteiger partial charge in [-0.1, -0.05) is 11.6 Å². The molecule has 1 atom stereocenters. The second kappa shape index (κ2) is 7.40. The fraction of sp³-hybridized carbons (Fsp3) is 0.571. The molecule has 2 rings (SSSR count). The van der Waals surface area contributed by atoms with Gasteiger partial charge in [0.05, 0.1) is 6.04 Å². The molecule has 1 aliphatic carbocycles. The molecule has 1 amide bonds. The first-order valence-corrected chi connectivity index (χ1v) is 7.75. The number of nitrogens with zero attached hydrogens (tertiary/aromatic N) is 1. The van der Waals surface area contributed by atoms with E-state index >= 15 is 0 Å². The minimum Gasteiger partial charge on any atom is -0.306 e. The largest absolute Gasteiger partial charge is 0.306 e. The first-order chi connectivity index (χ1) is 9.25. The number of thiazole rings is 1. The molecule has 0 spiro atoms. The lowest BCUT2D eigenvalue weighted by Crippen LogP contribution is -2.38. The van der Waals surface area contributed by atoms with E-state index in [4.69, 9.17) is 0 Å². The van der Waals surface area contributed by atoms with Crippen molar-refractivity contribution in [2.24, 2.45) is 0 Å². The van der Waals surface area contributed by atoms with Crippen molar-refractivity contribution in [3.05, 3.63) is 23.2 Å². The summed E-state index contributed by atoms with van der Waals surface area (Å²) >= 11 is 1.44. The van der Waals surface area contributed by atoms with Crippen LogP contribution in [0.5, 0.6) is 0 Å². The maximum Gasteiger partial charge on any atom is 0.243 e. The van der Waals surface area contributed by atoms with Crippen LogP contribution in [0.2, 0.25) is 0 Å². The van der Waals surface area contributed by atoms with Crippen molar-refractivity contribution in [2.75, 3.05) is 11.9 Å². The fourth-order valence-corrected chi connectivity index (χ4v) is 2.70. The summed E-state index contributed by atoms with van der Waals surface area (Å²) < 4.78 is 0. The number of nitrogens with one attached hydrogen (secondary N) is 2. The smallest absolute Gasteiger partial charge is 0.243 e. The minimum absolute atomic E-state index is 0.0208. The van der Waals surface area contributed by atoms with Crippen LogP contribution in [0.15, 0.2) is 23.2 Å². The highest BCUT2D eigenvalue weighted by atomic mass is 32.1. The second-order valence-electron chi connectivity index (χ2n) is 4.86. The zero-order chi connectivity index (χ0) is 13.5. The lowest BCUT2D eigenvalue weighted by atomic mass is 9.97. The quantitative estimate of drug-likeness (QED) is 0.787. The molecular formula is C14H21N3OS. The number of hydrogen-bond donors (Lipinski definition) is 2. The lowest BCUT2D eigenvalue weighted by Gasteiger charge is -2.15. The predicted molar refractivity (Wildman–Crippen MR) is 79.4 cm³/mol. The van der Waals surface area contributed by atoms with Gasteiger partial charge in [0.15, 0.2) is 5.13 Å². The third-order valence-corrected chi connectivity index (χ3v) is 4.03. The fourth-order valence-electron chi connectivity index (χ4n) is 2.17. The summed E-state index contributed by atoms with van der Waals surface area (Å²) in [5, 5.41) is 8.58. The maximum atomic E-state index is 11.9. The molecule has 1 aliphatic rings. The van der Waals surface area contributed by atoms with Gasteiger partial charge in [0.2, 0.25) is 5.91 Å². The molecule has 4 nitrogen and oxygen atoms in total. The zero-order valence-electron chi connectivity index (χ0n) is 11.3. The Hall–Kier alpha value is -1.20. The van der Waals surface area contributed by atoms with E-state index in [-0.39, 0.29) is 11.9 Å². The number of anilines is 1. The molecule has 0 aromatic carbocycles. The van der Waals surface area contributed by atoms with Crippen LogP contribution in [0.4, 0.5) is 5.13 Å². The SMILES string of the molecule is CC(NCCC1=CCCCC1)C(=O)Nc1nccs1. The van der Waals surface area contributed by atoms with Gasteiger partial charge in [0.1, 0.15) is 0 Å². The number of carbonyl (C=O) groups is 1. The van der Waals surface area contributed by atoms with E-state index in [0.717, 1.165) is 13.0 Å². The Morgan fingerprint density at radius 2 is 2.42 bits per heavy atom. The molecule has 0 fully saturated rings. The second-order valence-corrected chi connectivity index (χ2v) is 5.76. The Kier molecular flexibility index (Phi) is 5.54. The van der Waals surface area contributed by atoms with Crippen molar-refractivity contribution in [3.8, 4) is 0 Å². The summed E-state index contributed by atoms with van der Waals surface area (Å²) in [5.41, 5.74) is 1.53. The molecule has 5 heteroatoms. The van der Waals surface area contributed by atoms with Gasteiger partial charge in [-0.2, -0.15) is 0 Å². The van der Waals surface area contributed by atoms with Crippen molar-refractivity contribution in [1.29, 1.82) is 0 Å². The van der Waals surface area contributed by atoms with Gasteiger partial charge in [0.25, 0.3) is 0 Å². The molecule has 104 valence electrons. The van der Waals surface area contributed by atoms with Crippen molar-refractivity contribution in [3.63, 3.8) is 0 Å². The summed E-state index contributed by atoms with van der Waals surface area (Å²) in [7, 11) is 0. The van der Waals surface area contributed by atoms with E-state index in [1.807, 2.05) is 12.3 Å². The van der Waals surface area contributed by atoms with Crippen LogP contribution in [0, 0.1) is 0 Å². The molecule has 1 aromatic heterocycles.